The largest absolute Gasteiger partial charge is 0.495 e. The molecule has 1 aromatic carbocycles. The average Bonchev–Trinajstić information content (AvgIpc) is 2.42. The summed E-state index contributed by atoms with van der Waals surface area (Å²) in [5, 5.41) is 6.30. The molecule has 1 aliphatic rings. The number of fused-ring (bicyclic) bond motifs is 1. The Kier molecular flexibility index (Phi) is 2.68. The first-order valence-corrected chi connectivity index (χ1v) is 5.00. The molecule has 0 atom stereocenters. The van der Waals surface area contributed by atoms with Crippen molar-refractivity contribution in [3.05, 3.63) is 22.7 Å². The highest BCUT2D eigenvalue weighted by Gasteiger charge is 2.21. The number of nitrogens with one attached hydrogen (secondary N) is 2. The number of benzene rings is 1. The first-order valence-electron chi connectivity index (χ1n) is 4.62. The van der Waals surface area contributed by atoms with Crippen molar-refractivity contribution in [2.45, 2.75) is 0 Å². The molecule has 15 heavy (non-hydrogen) atoms. The Balaban J connectivity index is 2.60. The monoisotopic (exact) mass is 226 g/mol. The summed E-state index contributed by atoms with van der Waals surface area (Å²) in [6.45, 7) is 1.24. The number of methoxy groups -OCH3 is 1. The normalized spacial score (nSPS) is 14.7. The Morgan fingerprint density at radius 3 is 2.80 bits per heavy atom. The van der Waals surface area contributed by atoms with Crippen molar-refractivity contribution in [3.63, 3.8) is 0 Å². The van der Waals surface area contributed by atoms with Crippen LogP contribution in [0.2, 0.25) is 5.02 Å². The number of halogens is 1. The van der Waals surface area contributed by atoms with Crippen LogP contribution in [0.5, 0.6) is 5.75 Å². The van der Waals surface area contributed by atoms with Crippen LogP contribution in [0.1, 0.15) is 10.4 Å². The molecule has 0 aliphatic carbocycles. The second-order valence-electron chi connectivity index (χ2n) is 3.18. The van der Waals surface area contributed by atoms with E-state index in [0.29, 0.717) is 35.1 Å². The predicted molar refractivity (Wildman–Crippen MR) is 58.8 cm³/mol. The van der Waals surface area contributed by atoms with E-state index in [-0.39, 0.29) is 5.91 Å². The van der Waals surface area contributed by atoms with Crippen LogP contribution in [0.3, 0.4) is 0 Å². The van der Waals surface area contributed by atoms with E-state index >= 15 is 0 Å². The first-order chi connectivity index (χ1) is 7.24. The summed E-state index contributed by atoms with van der Waals surface area (Å²) in [7, 11) is 1.56. The van der Waals surface area contributed by atoms with E-state index in [2.05, 4.69) is 10.6 Å². The highest BCUT2D eigenvalue weighted by molar-refractivity contribution is 6.34. The lowest BCUT2D eigenvalue weighted by Crippen LogP contribution is -2.24. The van der Waals surface area contributed by atoms with Crippen molar-refractivity contribution in [2.24, 2.45) is 0 Å². The summed E-state index contributed by atoms with van der Waals surface area (Å²) in [4.78, 5) is 11.7. The van der Waals surface area contributed by atoms with Gasteiger partial charge >= 0.3 is 0 Å². The molecule has 1 aliphatic heterocycles. The van der Waals surface area contributed by atoms with E-state index in [1.54, 1.807) is 19.2 Å². The highest BCUT2D eigenvalue weighted by Crippen LogP contribution is 2.34. The fourth-order valence-electron chi connectivity index (χ4n) is 1.58. The smallest absolute Gasteiger partial charge is 0.255 e. The number of ether oxygens (including phenoxy) is 1. The van der Waals surface area contributed by atoms with Gasteiger partial charge in [-0.1, -0.05) is 11.6 Å². The number of carbonyl (C=O) groups excluding carboxylic acids is 1. The van der Waals surface area contributed by atoms with E-state index in [0.717, 1.165) is 0 Å². The molecule has 1 heterocycles. The van der Waals surface area contributed by atoms with Crippen LogP contribution in [-0.4, -0.2) is 26.1 Å². The Bertz CT molecular complexity index is 407. The lowest BCUT2D eigenvalue weighted by molar-refractivity contribution is 0.0958. The molecule has 0 unspecified atom stereocenters. The zero-order chi connectivity index (χ0) is 10.8. The fourth-order valence-corrected chi connectivity index (χ4v) is 1.82. The van der Waals surface area contributed by atoms with E-state index < -0.39 is 0 Å². The van der Waals surface area contributed by atoms with E-state index in [4.69, 9.17) is 16.3 Å². The summed E-state index contributed by atoms with van der Waals surface area (Å²) < 4.78 is 5.17. The molecule has 0 fully saturated rings. The molecule has 1 amide bonds. The molecule has 2 rings (SSSR count). The summed E-state index contributed by atoms with van der Waals surface area (Å²) in [5.41, 5.74) is 1.12. The summed E-state index contributed by atoms with van der Waals surface area (Å²) in [5.74, 6) is 0.463. The van der Waals surface area contributed by atoms with E-state index in [1.807, 2.05) is 0 Å². The number of anilines is 1. The number of rotatable bonds is 1. The van der Waals surface area contributed by atoms with Gasteiger partial charge in [-0.05, 0) is 12.1 Å². The van der Waals surface area contributed by atoms with Gasteiger partial charge in [0.05, 0.1) is 23.4 Å². The summed E-state index contributed by atoms with van der Waals surface area (Å²) in [6.07, 6.45) is 0. The quantitative estimate of drug-likeness (QED) is 0.763. The Morgan fingerprint density at radius 2 is 2.07 bits per heavy atom. The SMILES string of the molecule is COc1ccc(Cl)c2c1NCCNC2=O. The van der Waals surface area contributed by atoms with Crippen LogP contribution < -0.4 is 15.4 Å². The number of hydrogen-bond donors (Lipinski definition) is 2. The number of amides is 1. The molecule has 0 bridgehead atoms. The van der Waals surface area contributed by atoms with Gasteiger partial charge in [-0.3, -0.25) is 4.79 Å². The zero-order valence-electron chi connectivity index (χ0n) is 8.26. The van der Waals surface area contributed by atoms with Crippen molar-refractivity contribution >= 4 is 23.2 Å². The van der Waals surface area contributed by atoms with Crippen molar-refractivity contribution in [1.82, 2.24) is 5.32 Å². The molecule has 0 saturated carbocycles. The second kappa shape index (κ2) is 3.98. The maximum atomic E-state index is 11.7. The van der Waals surface area contributed by atoms with Gasteiger partial charge in [0.15, 0.2) is 0 Å². The third-order valence-corrected chi connectivity index (χ3v) is 2.59. The third-order valence-electron chi connectivity index (χ3n) is 2.28. The molecule has 80 valence electrons. The number of hydrogen-bond acceptors (Lipinski definition) is 3. The van der Waals surface area contributed by atoms with E-state index in [9.17, 15) is 4.79 Å². The number of carbonyl (C=O) groups is 1. The van der Waals surface area contributed by atoms with Crippen LogP contribution in [-0.2, 0) is 0 Å². The van der Waals surface area contributed by atoms with Gasteiger partial charge in [-0.15, -0.1) is 0 Å². The first kappa shape index (κ1) is 10.1. The van der Waals surface area contributed by atoms with Gasteiger partial charge in [0.1, 0.15) is 5.75 Å². The van der Waals surface area contributed by atoms with Gasteiger partial charge in [-0.2, -0.15) is 0 Å². The fraction of sp³-hybridized carbons (Fsp3) is 0.300. The van der Waals surface area contributed by atoms with Gasteiger partial charge in [0.25, 0.3) is 5.91 Å². The lowest BCUT2D eigenvalue weighted by Gasteiger charge is -2.12. The third kappa shape index (κ3) is 1.72. The van der Waals surface area contributed by atoms with Crippen molar-refractivity contribution < 1.29 is 9.53 Å². The molecule has 4 nitrogen and oxygen atoms in total. The van der Waals surface area contributed by atoms with Gasteiger partial charge < -0.3 is 15.4 Å². The molecule has 0 aromatic heterocycles. The molecule has 0 radical (unpaired) electrons. The van der Waals surface area contributed by atoms with Crippen LogP contribution in [0.15, 0.2) is 12.1 Å². The maximum absolute atomic E-state index is 11.7. The molecule has 2 N–H and O–H groups in total. The Morgan fingerprint density at radius 1 is 1.33 bits per heavy atom. The van der Waals surface area contributed by atoms with Gasteiger partial charge in [0.2, 0.25) is 0 Å². The standard InChI is InChI=1S/C10H11ClN2O2/c1-15-7-3-2-6(11)8-9(7)12-4-5-13-10(8)14/h2-3,12H,4-5H2,1H3,(H,13,14). The van der Waals surface area contributed by atoms with Crippen LogP contribution in [0.25, 0.3) is 0 Å². The second-order valence-corrected chi connectivity index (χ2v) is 3.59. The Labute approximate surface area is 92.6 Å². The van der Waals surface area contributed by atoms with Gasteiger partial charge in [-0.25, -0.2) is 0 Å². The van der Waals surface area contributed by atoms with Crippen molar-refractivity contribution in [1.29, 1.82) is 0 Å². The summed E-state index contributed by atoms with van der Waals surface area (Å²) >= 11 is 5.98. The molecule has 0 spiro atoms. The summed E-state index contributed by atoms with van der Waals surface area (Å²) in [6, 6.07) is 3.40. The predicted octanol–water partition coefficient (Wildman–Crippen LogP) is 1.50. The van der Waals surface area contributed by atoms with E-state index in [1.165, 1.54) is 0 Å². The zero-order valence-corrected chi connectivity index (χ0v) is 9.02. The molecule has 0 saturated heterocycles. The minimum absolute atomic E-state index is 0.168. The maximum Gasteiger partial charge on any atom is 0.255 e. The van der Waals surface area contributed by atoms with Crippen molar-refractivity contribution in [2.75, 3.05) is 25.5 Å². The lowest BCUT2D eigenvalue weighted by atomic mass is 10.1. The van der Waals surface area contributed by atoms with Crippen LogP contribution in [0, 0.1) is 0 Å². The van der Waals surface area contributed by atoms with Crippen molar-refractivity contribution in [3.8, 4) is 5.75 Å². The average molecular weight is 227 g/mol. The molecule has 5 heteroatoms. The highest BCUT2D eigenvalue weighted by atomic mass is 35.5. The Hall–Kier alpha value is -1.42. The van der Waals surface area contributed by atoms with Gasteiger partial charge in [0, 0.05) is 13.1 Å². The topological polar surface area (TPSA) is 50.4 Å². The minimum Gasteiger partial charge on any atom is -0.495 e. The minimum atomic E-state index is -0.168. The molecular formula is C10H11ClN2O2. The molecular weight excluding hydrogens is 216 g/mol. The van der Waals surface area contributed by atoms with Crippen LogP contribution in [0.4, 0.5) is 5.69 Å². The molecule has 1 aromatic rings. The van der Waals surface area contributed by atoms with Crippen LogP contribution >= 0.6 is 11.6 Å².